The van der Waals surface area contributed by atoms with Crippen LogP contribution >= 0.6 is 11.3 Å². The Hall–Kier alpha value is -5.06. The van der Waals surface area contributed by atoms with Gasteiger partial charge in [0.05, 0.1) is 5.69 Å². The first-order valence-electron chi connectivity index (χ1n) is 22.1. The van der Waals surface area contributed by atoms with E-state index in [1.165, 1.54) is 117 Å². The highest BCUT2D eigenvalue weighted by Crippen LogP contribution is 2.53. The van der Waals surface area contributed by atoms with Crippen LogP contribution in [0.1, 0.15) is 115 Å². The zero-order valence-corrected chi connectivity index (χ0v) is 38.6. The first kappa shape index (κ1) is 39.1. The predicted molar refractivity (Wildman–Crippen MR) is 263 cm³/mol. The number of benzene rings is 6. The zero-order valence-electron chi connectivity index (χ0n) is 37.8. The maximum atomic E-state index is 2.65. The van der Waals surface area contributed by atoms with Crippen molar-refractivity contribution in [2.45, 2.75) is 118 Å². The zero-order chi connectivity index (χ0) is 42.3. The summed E-state index contributed by atoms with van der Waals surface area (Å²) in [4.78, 5) is 5.25. The molecule has 0 fully saturated rings. The summed E-state index contributed by atoms with van der Waals surface area (Å²) in [7, 11) is 0. The van der Waals surface area contributed by atoms with Crippen molar-refractivity contribution in [1.82, 2.24) is 0 Å². The molecule has 0 radical (unpaired) electrons. The van der Waals surface area contributed by atoms with E-state index >= 15 is 0 Å². The van der Waals surface area contributed by atoms with Crippen molar-refractivity contribution in [2.24, 2.45) is 0 Å². The third-order valence-electron chi connectivity index (χ3n) is 14.2. The van der Waals surface area contributed by atoms with E-state index < -0.39 is 0 Å². The fourth-order valence-electron chi connectivity index (χ4n) is 10.5. The number of hydrogen-bond acceptors (Lipinski definition) is 3. The van der Waals surface area contributed by atoms with Gasteiger partial charge in [0.25, 0.3) is 6.71 Å². The van der Waals surface area contributed by atoms with Crippen LogP contribution in [0.25, 0.3) is 21.2 Å². The summed E-state index contributed by atoms with van der Waals surface area (Å²) in [6.07, 6.45) is 2.40. The second kappa shape index (κ2) is 13.2. The molecule has 0 bridgehead atoms. The fourth-order valence-corrected chi connectivity index (χ4v) is 11.8. The molecule has 0 atom stereocenters. The molecule has 0 unspecified atom stereocenters. The molecule has 4 heteroatoms. The molecular weight excluding hydrogens is 744 g/mol. The lowest BCUT2D eigenvalue weighted by molar-refractivity contribution is 0.332. The van der Waals surface area contributed by atoms with E-state index in [0.717, 1.165) is 0 Å². The van der Waals surface area contributed by atoms with E-state index in [0.29, 0.717) is 0 Å². The van der Waals surface area contributed by atoms with Crippen LogP contribution in [-0.4, -0.2) is 6.71 Å². The fraction of sp³-hybridized carbons (Fsp3) is 0.321. The van der Waals surface area contributed by atoms with Crippen molar-refractivity contribution >= 4 is 78.0 Å². The molecule has 10 rings (SSSR count). The number of anilines is 6. The van der Waals surface area contributed by atoms with Crippen molar-refractivity contribution < 1.29 is 0 Å². The van der Waals surface area contributed by atoms with Gasteiger partial charge in [-0.1, -0.05) is 130 Å². The smallest absolute Gasteiger partial charge is 0.264 e. The monoisotopic (exact) mass is 802 g/mol. The van der Waals surface area contributed by atoms with Crippen LogP contribution < -0.4 is 25.5 Å². The van der Waals surface area contributed by atoms with Crippen LogP contribution in [0.4, 0.5) is 34.1 Å². The normalized spacial score (nSPS) is 16.4. The van der Waals surface area contributed by atoms with Gasteiger partial charge in [-0.05, 0) is 158 Å². The molecule has 3 aliphatic rings. The van der Waals surface area contributed by atoms with Gasteiger partial charge in [-0.3, -0.25) is 0 Å². The summed E-state index contributed by atoms with van der Waals surface area (Å²) in [6.45, 7) is 28.5. The third kappa shape index (κ3) is 6.03. The highest BCUT2D eigenvalue weighted by atomic mass is 32.1. The second-order valence-corrected chi connectivity index (χ2v) is 22.6. The van der Waals surface area contributed by atoms with Gasteiger partial charge in [0.2, 0.25) is 0 Å². The van der Waals surface area contributed by atoms with Gasteiger partial charge in [0.15, 0.2) is 0 Å². The molecule has 1 aromatic heterocycles. The van der Waals surface area contributed by atoms with E-state index in [-0.39, 0.29) is 28.4 Å². The largest absolute Gasteiger partial charge is 0.311 e. The van der Waals surface area contributed by atoms with Gasteiger partial charge in [-0.2, -0.15) is 0 Å². The number of rotatable bonds is 3. The minimum Gasteiger partial charge on any atom is -0.311 e. The number of hydrogen-bond donors (Lipinski definition) is 0. The maximum absolute atomic E-state index is 2.65. The Morgan fingerprint density at radius 2 is 1.17 bits per heavy atom. The Labute approximate surface area is 363 Å². The number of nitrogens with zero attached hydrogens (tertiary/aromatic N) is 2. The summed E-state index contributed by atoms with van der Waals surface area (Å²) < 4.78 is 2.85. The molecule has 2 aliphatic heterocycles. The Morgan fingerprint density at radius 3 is 1.80 bits per heavy atom. The molecule has 0 N–H and O–H groups in total. The molecule has 7 aromatic rings. The van der Waals surface area contributed by atoms with Crippen LogP contribution in [0.5, 0.6) is 0 Å². The van der Waals surface area contributed by atoms with Crippen molar-refractivity contribution in [3.63, 3.8) is 0 Å². The van der Waals surface area contributed by atoms with Crippen molar-refractivity contribution in [1.29, 1.82) is 0 Å². The highest BCUT2D eigenvalue weighted by molar-refractivity contribution is 7.33. The van der Waals surface area contributed by atoms with Crippen LogP contribution in [-0.2, 0) is 21.7 Å². The van der Waals surface area contributed by atoms with Crippen molar-refractivity contribution in [3.05, 3.63) is 149 Å². The molecule has 0 saturated heterocycles. The summed E-state index contributed by atoms with van der Waals surface area (Å²) >= 11 is 2.04. The average molecular weight is 803 g/mol. The van der Waals surface area contributed by atoms with E-state index in [9.17, 15) is 0 Å². The van der Waals surface area contributed by atoms with Crippen molar-refractivity contribution in [3.8, 4) is 11.1 Å². The summed E-state index contributed by atoms with van der Waals surface area (Å²) in [6, 6.07) is 44.9. The maximum Gasteiger partial charge on any atom is 0.264 e. The van der Waals surface area contributed by atoms with Gasteiger partial charge < -0.3 is 9.80 Å². The quantitative estimate of drug-likeness (QED) is 0.164. The van der Waals surface area contributed by atoms with Crippen LogP contribution in [0.15, 0.2) is 115 Å². The molecule has 302 valence electrons. The molecule has 6 aromatic carbocycles. The lowest BCUT2D eigenvalue weighted by Crippen LogP contribution is -2.60. The number of fused-ring (bicyclic) bond motifs is 7. The Morgan fingerprint density at radius 1 is 0.567 bits per heavy atom. The van der Waals surface area contributed by atoms with Crippen LogP contribution in [0.2, 0.25) is 0 Å². The first-order chi connectivity index (χ1) is 28.3. The molecule has 3 heterocycles. The SMILES string of the molecule is Cc1cc2c3c(c1)N(c1ccc(C(C)(C)C)cc1)c1c(sc4cc5c(cc14)C(C)(C)CCC5(C)C)B3c1cc(C(C)(C)C)ccc1N2c1ccc(-c2ccccc2)cc1C. The number of aryl methyl sites for hydroxylation is 2. The summed E-state index contributed by atoms with van der Waals surface area (Å²) in [5, 5.41) is 1.39. The molecule has 0 amide bonds. The molecule has 1 aliphatic carbocycles. The topological polar surface area (TPSA) is 6.48 Å². The molecule has 60 heavy (non-hydrogen) atoms. The molecule has 2 nitrogen and oxygen atoms in total. The van der Waals surface area contributed by atoms with E-state index in [4.69, 9.17) is 0 Å². The van der Waals surface area contributed by atoms with E-state index in [1.807, 2.05) is 11.3 Å². The molecule has 0 saturated carbocycles. The summed E-state index contributed by atoms with van der Waals surface area (Å²) in [5.41, 5.74) is 21.5. The van der Waals surface area contributed by atoms with Gasteiger partial charge in [-0.25, -0.2) is 0 Å². The lowest BCUT2D eigenvalue weighted by atomic mass is 9.36. The Bertz CT molecular complexity index is 2860. The van der Waals surface area contributed by atoms with Gasteiger partial charge in [-0.15, -0.1) is 11.3 Å². The van der Waals surface area contributed by atoms with Crippen LogP contribution in [0, 0.1) is 13.8 Å². The van der Waals surface area contributed by atoms with Gasteiger partial charge in [0, 0.05) is 43.3 Å². The molecular formula is C56H59BN2S. The standard InChI is InChI=1S/C56H59BN2S/c1-34-28-47-50-48(29-34)59(45-24-18-37(30-35(45)2)36-16-14-13-15-17-36)46-25-21-39(54(6,7)8)31-44(46)57(50)52-51(58(47)40-22-19-38(20-23-40)53(3,4)5)41-32-42-43(33-49(41)60-52)56(11,12)27-26-55(42,9)10/h13-25,28-33H,26-27H2,1-12H3. The molecule has 0 spiro atoms. The van der Waals surface area contributed by atoms with Gasteiger partial charge in [0.1, 0.15) is 0 Å². The average Bonchev–Trinajstić information content (AvgIpc) is 3.57. The van der Waals surface area contributed by atoms with Crippen molar-refractivity contribution in [2.75, 3.05) is 9.80 Å². The Balaban J connectivity index is 1.30. The van der Waals surface area contributed by atoms with Crippen LogP contribution in [0.3, 0.4) is 0 Å². The van der Waals surface area contributed by atoms with E-state index in [1.54, 1.807) is 0 Å². The minimum atomic E-state index is -0.00178. The second-order valence-electron chi connectivity index (χ2n) is 21.5. The Kier molecular flexibility index (Phi) is 8.62. The number of thiophene rings is 1. The first-order valence-corrected chi connectivity index (χ1v) is 22.9. The highest BCUT2D eigenvalue weighted by Gasteiger charge is 2.47. The predicted octanol–water partition coefficient (Wildman–Crippen LogP) is 14.2. The minimum absolute atomic E-state index is 0.00178. The third-order valence-corrected chi connectivity index (χ3v) is 15.4. The lowest BCUT2D eigenvalue weighted by Gasteiger charge is -2.44. The van der Waals surface area contributed by atoms with Gasteiger partial charge >= 0.3 is 0 Å². The summed E-state index contributed by atoms with van der Waals surface area (Å²) in [5.74, 6) is 0. The van der Waals surface area contributed by atoms with E-state index in [2.05, 4.69) is 208 Å².